The second kappa shape index (κ2) is 18.8. The van der Waals surface area contributed by atoms with Crippen LogP contribution in [-0.2, 0) is 14.3 Å². The Hall–Kier alpha value is -6.37. The third-order valence-electron chi connectivity index (χ3n) is 8.94. The van der Waals surface area contributed by atoms with Gasteiger partial charge in [-0.1, -0.05) is 0 Å². The Kier molecular flexibility index (Phi) is 13.7. The van der Waals surface area contributed by atoms with Crippen LogP contribution in [0.5, 0.6) is 0 Å². The summed E-state index contributed by atoms with van der Waals surface area (Å²) in [6.45, 7) is 8.08. The van der Waals surface area contributed by atoms with Crippen LogP contribution in [0.2, 0.25) is 0 Å². The van der Waals surface area contributed by atoms with Gasteiger partial charge in [-0.2, -0.15) is 5.26 Å². The molecule has 0 unspecified atom stereocenters. The maximum absolute atomic E-state index is 13.1. The number of fused-ring (bicyclic) bond motifs is 1. The fourth-order valence-electron chi connectivity index (χ4n) is 6.28. The van der Waals surface area contributed by atoms with Crippen LogP contribution in [0.25, 0.3) is 11.0 Å². The fraction of sp³-hybridized carbons (Fsp3) is 0.425. The minimum Gasteiger partial charge on any atom is -0.472 e. The van der Waals surface area contributed by atoms with Crippen LogP contribution in [0.3, 0.4) is 0 Å². The quantitative estimate of drug-likeness (QED) is 0.0606. The molecule has 4 aromatic rings. The largest absolute Gasteiger partial charge is 0.472 e. The molecule has 296 valence electrons. The molecule has 2 aliphatic heterocycles. The predicted octanol–water partition coefficient (Wildman–Crippen LogP) is 5.80. The number of amides is 3. The van der Waals surface area contributed by atoms with E-state index in [1.165, 1.54) is 34.9 Å². The molecule has 6 rings (SSSR count). The van der Waals surface area contributed by atoms with Crippen molar-refractivity contribution < 1.29 is 42.0 Å². The molecule has 2 saturated heterocycles. The SMILES string of the molecule is CC(C)(C)OC(=O)N[C@H]1CCCCN(CC(=O)c2ccoc2)C1=O.Cc1cc2cc(NC(=N[C@H]3CCCCN(CC(=O)c4ccoc4)C3=O)NC#N)ccc2o1. The van der Waals surface area contributed by atoms with Crippen LogP contribution in [0.4, 0.5) is 10.5 Å². The number of nitriles is 1. The summed E-state index contributed by atoms with van der Waals surface area (Å²) in [7, 11) is 0. The average molecular weight is 770 g/mol. The van der Waals surface area contributed by atoms with Crippen LogP contribution in [0, 0.1) is 18.4 Å². The molecule has 3 amide bonds. The van der Waals surface area contributed by atoms with Gasteiger partial charge in [-0.25, -0.2) is 9.79 Å². The van der Waals surface area contributed by atoms with Crippen molar-refractivity contribution in [3.05, 3.63) is 78.3 Å². The second-order valence-corrected chi connectivity index (χ2v) is 14.5. The van der Waals surface area contributed by atoms with Gasteiger partial charge in [0.15, 0.2) is 17.8 Å². The third kappa shape index (κ3) is 11.6. The Bertz CT molecular complexity index is 2060. The first-order valence-corrected chi connectivity index (χ1v) is 18.5. The van der Waals surface area contributed by atoms with E-state index in [1.54, 1.807) is 32.9 Å². The summed E-state index contributed by atoms with van der Waals surface area (Å²) in [6, 6.07) is 9.22. The van der Waals surface area contributed by atoms with Crippen LogP contribution in [0.1, 0.15) is 85.8 Å². The van der Waals surface area contributed by atoms with Crippen LogP contribution >= 0.6 is 0 Å². The van der Waals surface area contributed by atoms with E-state index in [4.69, 9.17) is 18.0 Å². The maximum Gasteiger partial charge on any atom is 0.408 e. The molecule has 3 N–H and O–H groups in total. The number of Topliss-reactive ketones (excluding diaryl/α,β-unsaturated/α-hetero) is 2. The molecule has 56 heavy (non-hydrogen) atoms. The number of hydrogen-bond acceptors (Lipinski definition) is 11. The molecule has 2 fully saturated rings. The average Bonchev–Trinajstić information content (AvgIpc) is 3.91. The van der Waals surface area contributed by atoms with Gasteiger partial charge in [0.2, 0.25) is 17.8 Å². The first kappa shape index (κ1) is 40.8. The lowest BCUT2D eigenvalue weighted by Gasteiger charge is -2.26. The lowest BCUT2D eigenvalue weighted by Crippen LogP contribution is -2.49. The zero-order valence-electron chi connectivity index (χ0n) is 32.0. The monoisotopic (exact) mass is 769 g/mol. The van der Waals surface area contributed by atoms with Crippen LogP contribution < -0.4 is 16.0 Å². The number of ether oxygens (including phenoxy) is 1. The molecule has 16 heteroatoms. The zero-order chi connectivity index (χ0) is 40.2. The van der Waals surface area contributed by atoms with Gasteiger partial charge in [-0.3, -0.25) is 24.5 Å². The van der Waals surface area contributed by atoms with E-state index in [2.05, 4.69) is 20.9 Å². The third-order valence-corrected chi connectivity index (χ3v) is 8.94. The standard InChI is InChI=1S/C23H23N5O4.C17H24N2O5/c1-15-10-17-11-18(5-6-21(17)32-15)26-23(25-14-24)27-19-4-2-3-8-28(22(19)30)12-20(29)16-7-9-31-13-16;1-17(2,3)24-16(22)18-13-6-4-5-8-19(15(13)21)10-14(20)12-7-9-23-11-12/h5-7,9-11,13,19H,2-4,8,12H2,1H3,(H2,25,26,27);7,9,11,13H,4-6,8,10H2,1-3H3,(H,18,22)/t19-;13-/m00/s1. The summed E-state index contributed by atoms with van der Waals surface area (Å²) in [5.74, 6) is 0.113. The van der Waals surface area contributed by atoms with Crippen LogP contribution in [-0.4, -0.2) is 89.1 Å². The van der Waals surface area contributed by atoms with Crippen molar-refractivity contribution in [3.63, 3.8) is 0 Å². The molecule has 5 heterocycles. The van der Waals surface area contributed by atoms with Crippen molar-refractivity contribution in [2.24, 2.45) is 4.99 Å². The van der Waals surface area contributed by atoms with Crippen molar-refractivity contribution in [1.82, 2.24) is 20.4 Å². The van der Waals surface area contributed by atoms with Gasteiger partial charge in [0.05, 0.1) is 36.7 Å². The van der Waals surface area contributed by atoms with E-state index in [1.807, 2.05) is 37.4 Å². The summed E-state index contributed by atoms with van der Waals surface area (Å²) >= 11 is 0. The molecule has 16 nitrogen and oxygen atoms in total. The number of carbonyl (C=O) groups is 5. The van der Waals surface area contributed by atoms with Gasteiger partial charge in [0.1, 0.15) is 41.6 Å². The van der Waals surface area contributed by atoms with Gasteiger partial charge in [-0.15, -0.1) is 0 Å². The molecule has 0 aliphatic carbocycles. The van der Waals surface area contributed by atoms with E-state index in [0.29, 0.717) is 42.7 Å². The molecule has 2 atom stereocenters. The lowest BCUT2D eigenvalue weighted by atomic mass is 10.1. The van der Waals surface area contributed by atoms with Crippen LogP contribution in [0.15, 0.2) is 79.7 Å². The zero-order valence-corrected chi connectivity index (χ0v) is 32.0. The number of nitrogens with one attached hydrogen (secondary N) is 3. The molecule has 3 aromatic heterocycles. The van der Waals surface area contributed by atoms with Gasteiger partial charge < -0.3 is 38.4 Å². The number of hydrogen-bond donors (Lipinski definition) is 3. The first-order valence-electron chi connectivity index (χ1n) is 18.5. The van der Waals surface area contributed by atoms with Gasteiger partial charge in [-0.05, 0) is 103 Å². The number of aryl methyl sites for hydroxylation is 1. The summed E-state index contributed by atoms with van der Waals surface area (Å²) in [4.78, 5) is 69.8. The molecule has 2 aliphatic rings. The van der Waals surface area contributed by atoms with Crippen molar-refractivity contribution in [1.29, 1.82) is 5.26 Å². The topological polar surface area (TPSA) is 213 Å². The maximum atomic E-state index is 13.1. The Balaban J connectivity index is 0.000000224. The highest BCUT2D eigenvalue weighted by Gasteiger charge is 2.32. The number of anilines is 1. The molecule has 0 bridgehead atoms. The van der Waals surface area contributed by atoms with Crippen molar-refractivity contribution >= 4 is 52.1 Å². The number of furan rings is 3. The number of carbonyl (C=O) groups excluding carboxylic acids is 5. The Morgan fingerprint density at radius 2 is 1.52 bits per heavy atom. The Morgan fingerprint density at radius 1 is 0.893 bits per heavy atom. The number of nitrogens with zero attached hydrogens (tertiary/aromatic N) is 4. The number of guanidine groups is 1. The summed E-state index contributed by atoms with van der Waals surface area (Å²) < 4.78 is 20.7. The van der Waals surface area contributed by atoms with Gasteiger partial charge in [0, 0.05) is 24.2 Å². The molecular weight excluding hydrogens is 722 g/mol. The van der Waals surface area contributed by atoms with Crippen molar-refractivity contribution in [3.8, 4) is 6.19 Å². The van der Waals surface area contributed by atoms with E-state index in [9.17, 15) is 29.2 Å². The van der Waals surface area contributed by atoms with Gasteiger partial charge >= 0.3 is 6.09 Å². The van der Waals surface area contributed by atoms with Crippen molar-refractivity contribution in [2.75, 3.05) is 31.5 Å². The van der Waals surface area contributed by atoms with E-state index in [-0.39, 0.29) is 42.4 Å². The van der Waals surface area contributed by atoms with E-state index in [0.717, 1.165) is 42.4 Å². The Labute approximate surface area is 324 Å². The first-order chi connectivity index (χ1) is 26.8. The minimum absolute atomic E-state index is 0.0230. The second-order valence-electron chi connectivity index (χ2n) is 14.5. The highest BCUT2D eigenvalue weighted by atomic mass is 16.6. The molecule has 1 aromatic carbocycles. The number of aliphatic imine (C=N–C) groups is 1. The number of alkyl carbamates (subject to hydrolysis) is 1. The van der Waals surface area contributed by atoms with Crippen molar-refractivity contribution in [2.45, 2.75) is 83.9 Å². The summed E-state index contributed by atoms with van der Waals surface area (Å²) in [6.07, 6.45) is 11.0. The molecule has 0 radical (unpaired) electrons. The number of likely N-dealkylation sites (tertiary alicyclic amines) is 2. The number of ketones is 2. The fourth-order valence-corrected chi connectivity index (χ4v) is 6.28. The molecular formula is C40H47N7O9. The summed E-state index contributed by atoms with van der Waals surface area (Å²) in [5.41, 5.74) is 1.70. The minimum atomic E-state index is -0.696. The molecule has 0 saturated carbocycles. The normalized spacial score (nSPS) is 17.9. The number of benzene rings is 1. The van der Waals surface area contributed by atoms with E-state index >= 15 is 0 Å². The highest BCUT2D eigenvalue weighted by molar-refractivity contribution is 6.01. The summed E-state index contributed by atoms with van der Waals surface area (Å²) in [5, 5.41) is 18.3. The smallest absolute Gasteiger partial charge is 0.408 e. The molecule has 0 spiro atoms. The van der Waals surface area contributed by atoms with Gasteiger partial charge in [0.25, 0.3) is 0 Å². The highest BCUT2D eigenvalue weighted by Crippen LogP contribution is 2.23. The van der Waals surface area contributed by atoms with E-state index < -0.39 is 23.8 Å². The predicted molar refractivity (Wildman–Crippen MR) is 205 cm³/mol. The number of rotatable bonds is 9. The Morgan fingerprint density at radius 3 is 2.11 bits per heavy atom. The lowest BCUT2D eigenvalue weighted by molar-refractivity contribution is -0.132.